The second kappa shape index (κ2) is 20.5. The Kier molecular flexibility index (Phi) is 14.2. The molecule has 2 aliphatic rings. The van der Waals surface area contributed by atoms with Crippen LogP contribution < -0.4 is 15.6 Å². The van der Waals surface area contributed by atoms with E-state index < -0.39 is 17.7 Å². The number of hydrogen-bond donors (Lipinski definition) is 5. The number of benzene rings is 5. The van der Waals surface area contributed by atoms with E-state index in [-0.39, 0.29) is 65.7 Å². The van der Waals surface area contributed by atoms with Gasteiger partial charge in [-0.1, -0.05) is 103 Å². The molecule has 8 rings (SSSR count). The number of phenolic OH excluding ortho intramolecular Hbond substituents is 1. The fourth-order valence-corrected chi connectivity index (χ4v) is 8.68. The van der Waals surface area contributed by atoms with Crippen LogP contribution >= 0.6 is 0 Å². The number of aliphatic hydroxyl groups excluding tert-OH is 1. The van der Waals surface area contributed by atoms with Crippen LogP contribution in [0.2, 0.25) is 0 Å². The van der Waals surface area contributed by atoms with Gasteiger partial charge in [-0.2, -0.15) is 0 Å². The van der Waals surface area contributed by atoms with Crippen molar-refractivity contribution in [1.82, 2.24) is 20.1 Å². The zero-order valence-corrected chi connectivity index (χ0v) is 36.1. The van der Waals surface area contributed by atoms with Gasteiger partial charge in [-0.15, -0.1) is 0 Å². The molecule has 336 valence electrons. The van der Waals surface area contributed by atoms with Crippen LogP contribution in [0.25, 0.3) is 10.9 Å². The number of ether oxygens (including phenoxy) is 2. The first-order chi connectivity index (χ1) is 31.5. The average Bonchev–Trinajstić information content (AvgIpc) is 3.32. The van der Waals surface area contributed by atoms with Gasteiger partial charge >= 0.3 is 5.97 Å². The molecular formula is C52H54N4O9. The summed E-state index contributed by atoms with van der Waals surface area (Å²) in [5.41, 5.74) is 1.79. The predicted octanol–water partition coefficient (Wildman–Crippen LogP) is 5.86. The van der Waals surface area contributed by atoms with E-state index in [2.05, 4.69) is 27.3 Å². The summed E-state index contributed by atoms with van der Waals surface area (Å²) in [5, 5.41) is 36.9. The summed E-state index contributed by atoms with van der Waals surface area (Å²) in [6.45, 7) is 4.15. The quantitative estimate of drug-likeness (QED) is 0.0516. The van der Waals surface area contributed by atoms with E-state index in [1.54, 1.807) is 77.7 Å². The van der Waals surface area contributed by atoms with E-state index in [1.165, 1.54) is 17.7 Å². The molecule has 0 bridgehead atoms. The van der Waals surface area contributed by atoms with Gasteiger partial charge < -0.3 is 40.0 Å². The number of carbonyl (C=O) groups excluding carboxylic acids is 3. The second-order valence-electron chi connectivity index (χ2n) is 17.1. The Bertz CT molecular complexity index is 2640. The SMILES string of the molecule is O=C(CC1CN(C(=O)COc2cccc([C@](O)(C(=O)OCC3CCN(Cc4ccccc4)CC3)c3ccccc3)c2)C1)c1ccc(CNC[C@H](O)c2ccc(O)c3[nH]c(=O)ccc23)cc1. The first kappa shape index (κ1) is 44.9. The fraction of sp³-hybridized carbons (Fsp3) is 0.308. The predicted molar refractivity (Wildman–Crippen MR) is 245 cm³/mol. The fourth-order valence-electron chi connectivity index (χ4n) is 8.68. The molecule has 65 heavy (non-hydrogen) atoms. The molecule has 1 aromatic heterocycles. The number of amides is 1. The van der Waals surface area contributed by atoms with Crippen LogP contribution in [0.4, 0.5) is 0 Å². The third kappa shape index (κ3) is 10.8. The van der Waals surface area contributed by atoms with Crippen molar-refractivity contribution in [2.24, 2.45) is 11.8 Å². The maximum Gasteiger partial charge on any atom is 0.347 e. The van der Waals surface area contributed by atoms with Gasteiger partial charge in [0.15, 0.2) is 12.4 Å². The number of hydrogen-bond acceptors (Lipinski definition) is 11. The Morgan fingerprint density at radius 1 is 0.800 bits per heavy atom. The van der Waals surface area contributed by atoms with E-state index in [0.29, 0.717) is 53.9 Å². The van der Waals surface area contributed by atoms with Gasteiger partial charge in [0.05, 0.1) is 18.2 Å². The van der Waals surface area contributed by atoms with E-state index in [0.717, 1.165) is 38.0 Å². The number of rotatable bonds is 18. The number of likely N-dealkylation sites (tertiary alicyclic amines) is 2. The number of nitrogens with one attached hydrogen (secondary N) is 2. The van der Waals surface area contributed by atoms with E-state index in [4.69, 9.17) is 9.47 Å². The van der Waals surface area contributed by atoms with Crippen LogP contribution in [0, 0.1) is 11.8 Å². The molecule has 5 N–H and O–H groups in total. The van der Waals surface area contributed by atoms with Gasteiger partial charge in [-0.05, 0) is 78.4 Å². The number of piperidine rings is 1. The summed E-state index contributed by atoms with van der Waals surface area (Å²) in [7, 11) is 0. The molecule has 13 nitrogen and oxygen atoms in total. The van der Waals surface area contributed by atoms with E-state index >= 15 is 0 Å². The first-order valence-corrected chi connectivity index (χ1v) is 22.1. The molecule has 3 heterocycles. The van der Waals surface area contributed by atoms with Crippen LogP contribution in [0.15, 0.2) is 138 Å². The van der Waals surface area contributed by atoms with Crippen LogP contribution in [0.5, 0.6) is 11.5 Å². The number of Topliss-reactive ketones (excluding diaryl/α,β-unsaturated/α-hetero) is 1. The Morgan fingerprint density at radius 2 is 1.51 bits per heavy atom. The maximum atomic E-state index is 13.9. The topological polar surface area (TPSA) is 182 Å². The molecule has 2 saturated heterocycles. The van der Waals surface area contributed by atoms with Gasteiger partial charge in [0.1, 0.15) is 11.5 Å². The Labute approximate surface area is 377 Å². The Balaban J connectivity index is 0.781. The number of nitrogens with zero attached hydrogens (tertiary/aromatic N) is 2. The van der Waals surface area contributed by atoms with Crippen LogP contribution in [0.3, 0.4) is 0 Å². The summed E-state index contributed by atoms with van der Waals surface area (Å²) < 4.78 is 11.8. The second-order valence-corrected chi connectivity index (χ2v) is 17.1. The van der Waals surface area contributed by atoms with Crippen molar-refractivity contribution >= 4 is 28.6 Å². The lowest BCUT2D eigenvalue weighted by molar-refractivity contribution is -0.164. The van der Waals surface area contributed by atoms with E-state index in [1.807, 2.05) is 36.4 Å². The average molecular weight is 879 g/mol. The number of aromatic hydroxyl groups is 1. The number of aromatic nitrogens is 1. The largest absolute Gasteiger partial charge is 0.506 e. The van der Waals surface area contributed by atoms with Crippen molar-refractivity contribution in [3.63, 3.8) is 0 Å². The molecule has 0 spiro atoms. The number of fused-ring (bicyclic) bond motifs is 1. The van der Waals surface area contributed by atoms with Crippen molar-refractivity contribution in [2.75, 3.05) is 45.9 Å². The molecule has 0 saturated carbocycles. The highest BCUT2D eigenvalue weighted by Gasteiger charge is 2.42. The number of ketones is 1. The van der Waals surface area contributed by atoms with Gasteiger partial charge in [-0.3, -0.25) is 19.3 Å². The molecule has 1 amide bonds. The van der Waals surface area contributed by atoms with Crippen molar-refractivity contribution in [2.45, 2.75) is 44.1 Å². The summed E-state index contributed by atoms with van der Waals surface area (Å²) in [6, 6.07) is 38.9. The summed E-state index contributed by atoms with van der Waals surface area (Å²) in [5.74, 6) is -0.586. The molecular weight excluding hydrogens is 825 g/mol. The monoisotopic (exact) mass is 878 g/mol. The molecule has 2 fully saturated rings. The van der Waals surface area contributed by atoms with E-state index in [9.17, 15) is 34.5 Å². The lowest BCUT2D eigenvalue weighted by Gasteiger charge is -2.39. The van der Waals surface area contributed by atoms with Crippen LogP contribution in [0.1, 0.15) is 63.5 Å². The minimum Gasteiger partial charge on any atom is -0.506 e. The molecule has 0 aliphatic carbocycles. The molecule has 6 aromatic rings. The summed E-state index contributed by atoms with van der Waals surface area (Å²) in [4.78, 5) is 58.5. The number of H-pyrrole nitrogens is 1. The standard InChI is InChI=1S/C52H54N4O9/c57-45-20-18-43(44-19-21-48(60)54-50(44)45)47(59)29-53-28-35-14-16-39(17-15-35)46(58)26-38-31-56(32-38)49(61)34-64-42-13-7-12-41(27-42)52(63,40-10-5-2-6-11-40)51(62)65-33-37-22-24-55(25-23-37)30-36-8-3-1-4-9-36/h1-21,27,37-38,47,53,57,59,63H,22-26,28-34H2,(H,54,60)/t47-,52-/m0/s1. The maximum absolute atomic E-state index is 13.9. The minimum atomic E-state index is -2.10. The van der Waals surface area contributed by atoms with Gasteiger partial charge in [0.25, 0.3) is 5.91 Å². The van der Waals surface area contributed by atoms with Crippen molar-refractivity contribution < 1.29 is 39.2 Å². The van der Waals surface area contributed by atoms with Gasteiger partial charge in [-0.25, -0.2) is 4.79 Å². The van der Waals surface area contributed by atoms with Crippen molar-refractivity contribution in [3.8, 4) is 11.5 Å². The lowest BCUT2D eigenvalue weighted by atomic mass is 9.86. The third-order valence-electron chi connectivity index (χ3n) is 12.5. The molecule has 2 atom stereocenters. The number of pyridine rings is 1. The van der Waals surface area contributed by atoms with Crippen molar-refractivity contribution in [3.05, 3.63) is 177 Å². The number of aromatic amines is 1. The molecule has 2 aliphatic heterocycles. The number of aliphatic hydroxyl groups is 2. The highest BCUT2D eigenvalue weighted by molar-refractivity contribution is 5.96. The zero-order valence-electron chi connectivity index (χ0n) is 36.1. The smallest absolute Gasteiger partial charge is 0.347 e. The Morgan fingerprint density at radius 3 is 2.25 bits per heavy atom. The highest BCUT2D eigenvalue weighted by atomic mass is 16.5. The van der Waals surface area contributed by atoms with Gasteiger partial charge in [0.2, 0.25) is 11.2 Å². The molecule has 0 radical (unpaired) electrons. The molecule has 13 heteroatoms. The first-order valence-electron chi connectivity index (χ1n) is 22.1. The third-order valence-corrected chi connectivity index (χ3v) is 12.5. The highest BCUT2D eigenvalue weighted by Crippen LogP contribution is 2.34. The molecule has 5 aromatic carbocycles. The lowest BCUT2D eigenvalue weighted by Crippen LogP contribution is -2.52. The zero-order chi connectivity index (χ0) is 45.3. The van der Waals surface area contributed by atoms with Gasteiger partial charge in [0, 0.05) is 67.6 Å². The summed E-state index contributed by atoms with van der Waals surface area (Å²) in [6.07, 6.45) is 1.17. The Hall–Kier alpha value is -6.64. The number of carbonyl (C=O) groups is 3. The number of phenols is 1. The van der Waals surface area contributed by atoms with Crippen LogP contribution in [-0.4, -0.2) is 93.7 Å². The minimum absolute atomic E-state index is 0.0140. The molecule has 0 unspecified atom stereocenters. The number of esters is 1. The summed E-state index contributed by atoms with van der Waals surface area (Å²) >= 11 is 0. The van der Waals surface area contributed by atoms with Crippen LogP contribution in [-0.2, 0) is 33.0 Å². The van der Waals surface area contributed by atoms with Crippen molar-refractivity contribution in [1.29, 1.82) is 0 Å². The normalized spacial score (nSPS) is 16.1.